The predicted octanol–water partition coefficient (Wildman–Crippen LogP) is 5.66. The molecule has 36 heavy (non-hydrogen) atoms. The van der Waals surface area contributed by atoms with Crippen LogP contribution >= 0.6 is 23.4 Å². The van der Waals surface area contributed by atoms with Crippen molar-refractivity contribution >= 4 is 52.6 Å². The van der Waals surface area contributed by atoms with Gasteiger partial charge in [0.15, 0.2) is 0 Å². The van der Waals surface area contributed by atoms with Gasteiger partial charge in [0, 0.05) is 28.1 Å². The summed E-state index contributed by atoms with van der Waals surface area (Å²) >= 11 is 5.67. The highest BCUT2D eigenvalue weighted by atomic mass is 35.5. The van der Waals surface area contributed by atoms with E-state index in [2.05, 4.69) is 15.6 Å². The quantitative estimate of drug-likeness (QED) is 0.315. The maximum absolute atomic E-state index is 13.3. The number of carbonyl (C=O) groups excluding carboxylic acids is 3. The van der Waals surface area contributed by atoms with E-state index in [0.29, 0.717) is 21.8 Å². The smallest absolute Gasteiger partial charge is 0.323 e. The number of rotatable bonds is 6. The molecule has 0 saturated carbocycles. The topological polar surface area (TPSA) is 91.4 Å². The number of anilines is 2. The molecule has 1 unspecified atom stereocenters. The third kappa shape index (κ3) is 5.63. The third-order valence-electron chi connectivity index (χ3n) is 5.38. The molecule has 0 spiro atoms. The van der Waals surface area contributed by atoms with Gasteiger partial charge in [0.25, 0.3) is 11.8 Å². The molecule has 0 radical (unpaired) electrons. The van der Waals surface area contributed by atoms with Gasteiger partial charge in [-0.1, -0.05) is 17.7 Å². The van der Waals surface area contributed by atoms with E-state index in [0.717, 1.165) is 4.90 Å². The molecule has 12 heteroatoms. The molecule has 1 aliphatic heterocycles. The highest BCUT2D eigenvalue weighted by Crippen LogP contribution is 2.38. The van der Waals surface area contributed by atoms with Crippen LogP contribution in [0.1, 0.15) is 22.8 Å². The summed E-state index contributed by atoms with van der Waals surface area (Å²) in [6.07, 6.45) is 2.94. The summed E-state index contributed by atoms with van der Waals surface area (Å²) < 4.78 is 37.8. The molecule has 7 nitrogen and oxygen atoms in total. The van der Waals surface area contributed by atoms with Crippen molar-refractivity contribution in [3.63, 3.8) is 0 Å². The van der Waals surface area contributed by atoms with E-state index in [4.69, 9.17) is 11.6 Å². The highest BCUT2D eigenvalue weighted by molar-refractivity contribution is 8.00. The number of thioether (sulfide) groups is 1. The fourth-order valence-corrected chi connectivity index (χ4v) is 4.46. The zero-order chi connectivity index (χ0) is 26.1. The van der Waals surface area contributed by atoms with Crippen molar-refractivity contribution in [2.45, 2.75) is 29.3 Å². The number of hydrogen-bond acceptors (Lipinski definition) is 5. The number of amides is 4. The number of hydrogen-bond donors (Lipinski definition) is 2. The zero-order valence-electron chi connectivity index (χ0n) is 18.6. The van der Waals surface area contributed by atoms with Crippen LogP contribution in [0.3, 0.4) is 0 Å². The first-order chi connectivity index (χ1) is 16.9. The number of urea groups is 1. The Morgan fingerprint density at radius 3 is 2.56 bits per heavy atom. The first-order valence-electron chi connectivity index (χ1n) is 10.5. The Kier molecular flexibility index (Phi) is 6.96. The van der Waals surface area contributed by atoms with E-state index >= 15 is 0 Å². The van der Waals surface area contributed by atoms with Crippen molar-refractivity contribution in [3.05, 3.63) is 83.1 Å². The van der Waals surface area contributed by atoms with Crippen LogP contribution in [-0.2, 0) is 11.2 Å². The normalized spacial score (nSPS) is 17.8. The molecule has 186 valence electrons. The van der Waals surface area contributed by atoms with E-state index in [1.54, 1.807) is 24.3 Å². The molecular formula is C24H18ClF3N4O3S. The average molecular weight is 535 g/mol. The molecule has 3 aromatic rings. The lowest BCUT2D eigenvalue weighted by atomic mass is 9.92. The summed E-state index contributed by atoms with van der Waals surface area (Å²) in [5.74, 6) is -1.02. The minimum Gasteiger partial charge on any atom is -0.323 e. The van der Waals surface area contributed by atoms with Gasteiger partial charge < -0.3 is 10.6 Å². The molecule has 4 rings (SSSR count). The van der Waals surface area contributed by atoms with Crippen molar-refractivity contribution in [2.75, 3.05) is 10.2 Å². The molecule has 1 fully saturated rings. The lowest BCUT2D eigenvalue weighted by Crippen LogP contribution is -2.46. The van der Waals surface area contributed by atoms with E-state index < -0.39 is 28.9 Å². The van der Waals surface area contributed by atoms with E-state index in [-0.39, 0.29) is 28.8 Å². The summed E-state index contributed by atoms with van der Waals surface area (Å²) in [5, 5.41) is 5.79. The van der Waals surface area contributed by atoms with Gasteiger partial charge in [-0.05, 0) is 72.8 Å². The molecule has 1 saturated heterocycles. The highest BCUT2D eigenvalue weighted by Gasteiger charge is 2.48. The Labute approximate surface area is 213 Å². The van der Waals surface area contributed by atoms with Gasteiger partial charge in [0.05, 0.1) is 17.6 Å². The van der Waals surface area contributed by atoms with Crippen LogP contribution in [0.2, 0.25) is 5.02 Å². The number of aromatic nitrogens is 1. The lowest BCUT2D eigenvalue weighted by Gasteiger charge is -2.23. The minimum absolute atomic E-state index is 0.0176. The summed E-state index contributed by atoms with van der Waals surface area (Å²) in [6.45, 7) is 1.53. The van der Waals surface area contributed by atoms with Crippen LogP contribution in [0.25, 0.3) is 0 Å². The van der Waals surface area contributed by atoms with Crippen LogP contribution < -0.4 is 15.5 Å². The minimum atomic E-state index is -4.45. The first kappa shape index (κ1) is 25.5. The van der Waals surface area contributed by atoms with Crippen molar-refractivity contribution in [1.29, 1.82) is 0 Å². The van der Waals surface area contributed by atoms with Crippen molar-refractivity contribution in [3.8, 4) is 0 Å². The predicted molar refractivity (Wildman–Crippen MR) is 130 cm³/mol. The Morgan fingerprint density at radius 1 is 1.17 bits per heavy atom. The maximum atomic E-state index is 13.3. The fourth-order valence-electron chi connectivity index (χ4n) is 3.73. The molecule has 1 atom stereocenters. The number of carbonyl (C=O) groups is 3. The number of halogens is 4. The first-order valence-corrected chi connectivity index (χ1v) is 11.7. The monoisotopic (exact) mass is 534 g/mol. The van der Waals surface area contributed by atoms with Crippen molar-refractivity contribution < 1.29 is 27.6 Å². The molecule has 0 aliphatic carbocycles. The number of nitrogens with zero attached hydrogens (tertiary/aromatic N) is 2. The van der Waals surface area contributed by atoms with Crippen molar-refractivity contribution in [1.82, 2.24) is 10.3 Å². The van der Waals surface area contributed by atoms with Crippen LogP contribution in [0.15, 0.2) is 71.9 Å². The number of pyridine rings is 1. The number of nitrogens with one attached hydrogen (secondary N) is 2. The van der Waals surface area contributed by atoms with E-state index in [1.807, 2.05) is 0 Å². The van der Waals surface area contributed by atoms with Gasteiger partial charge in [0.1, 0.15) is 5.54 Å². The second kappa shape index (κ2) is 9.82. The molecule has 1 aliphatic rings. The second-order valence-corrected chi connectivity index (χ2v) is 9.69. The standard InChI is InChI=1S/C24H18ClF3N4O3S/c1-23(12-15-9-10-29-13-19(15)30-20(33)14-3-2-4-16(25)11-14)21(34)32(22(35)31-23)17-5-7-18(8-6-17)36-24(26,27)28/h2-11,13H,12H2,1H3,(H,30,33)(H,31,35). The molecule has 1 aromatic heterocycles. The summed E-state index contributed by atoms with van der Waals surface area (Å²) in [7, 11) is 0. The average Bonchev–Trinajstić information content (AvgIpc) is 3.02. The van der Waals surface area contributed by atoms with Crippen molar-refractivity contribution in [2.24, 2.45) is 0 Å². The second-order valence-electron chi connectivity index (χ2n) is 8.12. The molecule has 0 bridgehead atoms. The summed E-state index contributed by atoms with van der Waals surface area (Å²) in [4.78, 5) is 43.5. The largest absolute Gasteiger partial charge is 0.446 e. The Balaban J connectivity index is 1.54. The van der Waals surface area contributed by atoms with Crippen LogP contribution in [0.5, 0.6) is 0 Å². The van der Waals surface area contributed by atoms with Gasteiger partial charge in [-0.3, -0.25) is 14.6 Å². The SMILES string of the molecule is CC1(Cc2ccncc2NC(=O)c2cccc(Cl)c2)NC(=O)N(c2ccc(SC(F)(F)F)cc2)C1=O. The van der Waals surface area contributed by atoms with Gasteiger partial charge >= 0.3 is 11.5 Å². The summed E-state index contributed by atoms with van der Waals surface area (Å²) in [6, 6.07) is 12.2. The Morgan fingerprint density at radius 2 is 1.89 bits per heavy atom. The van der Waals surface area contributed by atoms with Gasteiger partial charge in [-0.15, -0.1) is 0 Å². The maximum Gasteiger partial charge on any atom is 0.446 e. The number of alkyl halides is 3. The Bertz CT molecular complexity index is 1340. The third-order valence-corrected chi connectivity index (χ3v) is 6.35. The Hall–Kier alpha value is -3.57. The number of imide groups is 1. The number of benzene rings is 2. The van der Waals surface area contributed by atoms with Crippen LogP contribution in [0, 0.1) is 0 Å². The lowest BCUT2D eigenvalue weighted by molar-refractivity contribution is -0.121. The molecule has 2 aromatic carbocycles. The van der Waals surface area contributed by atoms with E-state index in [1.165, 1.54) is 49.6 Å². The molecule has 2 N–H and O–H groups in total. The summed E-state index contributed by atoms with van der Waals surface area (Å²) in [5.41, 5.74) is -4.49. The van der Waals surface area contributed by atoms with Gasteiger partial charge in [-0.2, -0.15) is 13.2 Å². The fraction of sp³-hybridized carbons (Fsp3) is 0.167. The molecule has 4 amide bonds. The van der Waals surface area contributed by atoms with E-state index in [9.17, 15) is 27.6 Å². The van der Waals surface area contributed by atoms with Crippen LogP contribution in [0.4, 0.5) is 29.3 Å². The van der Waals surface area contributed by atoms with Gasteiger partial charge in [-0.25, -0.2) is 9.69 Å². The zero-order valence-corrected chi connectivity index (χ0v) is 20.2. The molecular weight excluding hydrogens is 517 g/mol. The van der Waals surface area contributed by atoms with Gasteiger partial charge in [0.2, 0.25) is 0 Å². The molecule has 2 heterocycles. The van der Waals surface area contributed by atoms with Crippen LogP contribution in [-0.4, -0.2) is 33.9 Å².